The molecule has 0 saturated carbocycles. The Balaban J connectivity index is 0.00000200. The summed E-state index contributed by atoms with van der Waals surface area (Å²) in [6.07, 6.45) is 3.84. The van der Waals surface area contributed by atoms with Crippen LogP contribution in [0.3, 0.4) is 0 Å². The van der Waals surface area contributed by atoms with E-state index >= 15 is 0 Å². The smallest absolute Gasteiger partial charge is 0.303 e. The maximum absolute atomic E-state index is 11.5. The first-order chi connectivity index (χ1) is 9.08. The lowest BCUT2D eigenvalue weighted by Gasteiger charge is -2.14. The fourth-order valence-corrected chi connectivity index (χ4v) is 1.91. The number of carboxylic acids is 1. The average molecular weight is 296 g/mol. The Morgan fingerprint density at radius 2 is 1.60 bits per heavy atom. The SMILES string of the molecule is Cl.O=C(O)CCCc1ccc(N2C(=O)C=CC2=O)cc1. The summed E-state index contributed by atoms with van der Waals surface area (Å²) in [5.41, 5.74) is 1.51. The van der Waals surface area contributed by atoms with Gasteiger partial charge in [0, 0.05) is 18.6 Å². The van der Waals surface area contributed by atoms with E-state index in [1.54, 1.807) is 24.3 Å². The lowest BCUT2D eigenvalue weighted by atomic mass is 10.1. The number of halogens is 1. The molecule has 1 aliphatic rings. The predicted octanol–water partition coefficient (Wildman–Crippen LogP) is 1.95. The van der Waals surface area contributed by atoms with Crippen LogP contribution in [0.1, 0.15) is 18.4 Å². The topological polar surface area (TPSA) is 74.7 Å². The number of amides is 2. The number of carbonyl (C=O) groups excluding carboxylic acids is 2. The largest absolute Gasteiger partial charge is 0.481 e. The summed E-state index contributed by atoms with van der Waals surface area (Å²) in [7, 11) is 0. The van der Waals surface area contributed by atoms with E-state index < -0.39 is 5.97 Å². The van der Waals surface area contributed by atoms with E-state index in [0.717, 1.165) is 10.5 Å². The molecule has 0 saturated heterocycles. The van der Waals surface area contributed by atoms with Crippen LogP contribution in [0.2, 0.25) is 0 Å². The molecule has 0 bridgehead atoms. The second kappa shape index (κ2) is 6.86. The van der Waals surface area contributed by atoms with Gasteiger partial charge in [0.1, 0.15) is 0 Å². The van der Waals surface area contributed by atoms with Gasteiger partial charge < -0.3 is 5.11 Å². The minimum absolute atomic E-state index is 0. The summed E-state index contributed by atoms with van der Waals surface area (Å²) in [6.45, 7) is 0. The molecule has 0 unspecified atom stereocenters. The molecular formula is C14H14ClNO4. The Hall–Kier alpha value is -2.14. The molecule has 0 spiro atoms. The highest BCUT2D eigenvalue weighted by atomic mass is 35.5. The summed E-state index contributed by atoms with van der Waals surface area (Å²) in [5, 5.41) is 8.55. The van der Waals surface area contributed by atoms with Crippen LogP contribution in [-0.4, -0.2) is 22.9 Å². The summed E-state index contributed by atoms with van der Waals surface area (Å²) < 4.78 is 0. The quantitative estimate of drug-likeness (QED) is 0.843. The third kappa shape index (κ3) is 3.68. The molecule has 2 rings (SSSR count). The Kier molecular flexibility index (Phi) is 5.46. The molecule has 1 N–H and O–H groups in total. The maximum atomic E-state index is 11.5. The summed E-state index contributed by atoms with van der Waals surface area (Å²) >= 11 is 0. The number of rotatable bonds is 5. The number of aliphatic carboxylic acids is 1. The van der Waals surface area contributed by atoms with Crippen LogP contribution in [0.4, 0.5) is 5.69 Å². The average Bonchev–Trinajstić information content (AvgIpc) is 2.70. The number of aryl methyl sites for hydroxylation is 1. The van der Waals surface area contributed by atoms with E-state index in [-0.39, 0.29) is 30.6 Å². The zero-order valence-electron chi connectivity index (χ0n) is 10.6. The van der Waals surface area contributed by atoms with Crippen molar-refractivity contribution in [3.8, 4) is 0 Å². The Bertz CT molecular complexity index is 533. The normalized spacial score (nSPS) is 13.5. The molecule has 0 radical (unpaired) electrons. The lowest BCUT2D eigenvalue weighted by Crippen LogP contribution is -2.29. The van der Waals surface area contributed by atoms with Gasteiger partial charge in [-0.2, -0.15) is 0 Å². The predicted molar refractivity (Wildman–Crippen MR) is 75.9 cm³/mol. The number of anilines is 1. The van der Waals surface area contributed by atoms with Gasteiger partial charge in [0.15, 0.2) is 0 Å². The first-order valence-electron chi connectivity index (χ1n) is 5.95. The van der Waals surface area contributed by atoms with Gasteiger partial charge in [0.2, 0.25) is 0 Å². The molecule has 20 heavy (non-hydrogen) atoms. The van der Waals surface area contributed by atoms with Crippen LogP contribution in [0.5, 0.6) is 0 Å². The number of imide groups is 1. The zero-order valence-corrected chi connectivity index (χ0v) is 11.4. The summed E-state index contributed by atoms with van der Waals surface area (Å²) in [4.78, 5) is 34.4. The Labute approximate surface area is 122 Å². The molecule has 106 valence electrons. The Morgan fingerprint density at radius 3 is 2.10 bits per heavy atom. The molecular weight excluding hydrogens is 282 g/mol. The molecule has 6 heteroatoms. The van der Waals surface area contributed by atoms with Crippen molar-refractivity contribution in [2.45, 2.75) is 19.3 Å². The number of benzene rings is 1. The van der Waals surface area contributed by atoms with Crippen LogP contribution in [0, 0.1) is 0 Å². The first-order valence-corrected chi connectivity index (χ1v) is 5.95. The number of hydrogen-bond acceptors (Lipinski definition) is 3. The Morgan fingerprint density at radius 1 is 1.05 bits per heavy atom. The lowest BCUT2D eigenvalue weighted by molar-refractivity contribution is -0.137. The fourth-order valence-electron chi connectivity index (χ4n) is 1.91. The molecule has 5 nitrogen and oxygen atoms in total. The van der Waals surface area contributed by atoms with Crippen molar-refractivity contribution in [1.29, 1.82) is 0 Å². The standard InChI is InChI=1S/C14H13NO4.ClH/c16-12-8-9-13(17)15(12)11-6-4-10(5-7-11)2-1-3-14(18)19;/h4-9H,1-3H2,(H,18,19);1H. The van der Waals surface area contributed by atoms with Gasteiger partial charge in [-0.1, -0.05) is 12.1 Å². The van der Waals surface area contributed by atoms with Gasteiger partial charge in [0.05, 0.1) is 5.69 Å². The van der Waals surface area contributed by atoms with Gasteiger partial charge in [-0.15, -0.1) is 12.4 Å². The number of nitrogens with zero attached hydrogens (tertiary/aromatic N) is 1. The summed E-state index contributed by atoms with van der Waals surface area (Å²) in [5.74, 6) is -1.50. The third-order valence-electron chi connectivity index (χ3n) is 2.86. The highest BCUT2D eigenvalue weighted by Crippen LogP contribution is 2.20. The van der Waals surface area contributed by atoms with E-state index in [4.69, 9.17) is 5.11 Å². The van der Waals surface area contributed by atoms with Crippen molar-refractivity contribution in [3.05, 3.63) is 42.0 Å². The van der Waals surface area contributed by atoms with Gasteiger partial charge in [-0.3, -0.25) is 14.4 Å². The van der Waals surface area contributed by atoms with Crippen molar-refractivity contribution in [2.75, 3.05) is 4.90 Å². The van der Waals surface area contributed by atoms with E-state index in [1.807, 2.05) is 0 Å². The minimum atomic E-state index is -0.809. The van der Waals surface area contributed by atoms with Crippen LogP contribution in [-0.2, 0) is 20.8 Å². The molecule has 2 amide bonds. The molecule has 1 aliphatic heterocycles. The van der Waals surface area contributed by atoms with Crippen molar-refractivity contribution in [2.24, 2.45) is 0 Å². The van der Waals surface area contributed by atoms with Gasteiger partial charge in [0.25, 0.3) is 11.8 Å². The molecule has 1 aromatic carbocycles. The first kappa shape index (κ1) is 15.9. The second-order valence-corrected chi connectivity index (χ2v) is 4.26. The molecule has 0 fully saturated rings. The number of carboxylic acid groups (broad SMARTS) is 1. The van der Waals surface area contributed by atoms with Crippen LogP contribution >= 0.6 is 12.4 Å². The van der Waals surface area contributed by atoms with Crippen molar-refractivity contribution in [1.82, 2.24) is 0 Å². The number of carbonyl (C=O) groups is 3. The van der Waals surface area contributed by atoms with Crippen LogP contribution in [0.25, 0.3) is 0 Å². The van der Waals surface area contributed by atoms with Crippen molar-refractivity contribution >= 4 is 35.9 Å². The molecule has 0 aromatic heterocycles. The van der Waals surface area contributed by atoms with Crippen LogP contribution < -0.4 is 4.90 Å². The van der Waals surface area contributed by atoms with E-state index in [9.17, 15) is 14.4 Å². The molecule has 1 aromatic rings. The highest BCUT2D eigenvalue weighted by molar-refractivity contribution is 6.28. The van der Waals surface area contributed by atoms with Crippen molar-refractivity contribution < 1.29 is 19.5 Å². The summed E-state index contributed by atoms with van der Waals surface area (Å²) in [6, 6.07) is 6.99. The second-order valence-electron chi connectivity index (χ2n) is 4.26. The maximum Gasteiger partial charge on any atom is 0.303 e. The van der Waals surface area contributed by atoms with Gasteiger partial charge >= 0.3 is 5.97 Å². The molecule has 1 heterocycles. The van der Waals surface area contributed by atoms with Crippen LogP contribution in [0.15, 0.2) is 36.4 Å². The molecule has 0 aliphatic carbocycles. The monoisotopic (exact) mass is 295 g/mol. The fraction of sp³-hybridized carbons (Fsp3) is 0.214. The van der Waals surface area contributed by atoms with Crippen molar-refractivity contribution in [3.63, 3.8) is 0 Å². The molecule has 0 atom stereocenters. The van der Waals surface area contributed by atoms with E-state index in [1.165, 1.54) is 12.2 Å². The van der Waals surface area contributed by atoms with Gasteiger partial charge in [-0.25, -0.2) is 4.90 Å². The number of hydrogen-bond donors (Lipinski definition) is 1. The minimum Gasteiger partial charge on any atom is -0.481 e. The van der Waals surface area contributed by atoms with E-state index in [0.29, 0.717) is 18.5 Å². The zero-order chi connectivity index (χ0) is 13.8. The highest BCUT2D eigenvalue weighted by Gasteiger charge is 2.24. The third-order valence-corrected chi connectivity index (χ3v) is 2.86. The van der Waals surface area contributed by atoms with E-state index in [2.05, 4.69) is 0 Å². The van der Waals surface area contributed by atoms with Gasteiger partial charge in [-0.05, 0) is 30.5 Å².